The monoisotopic (exact) mass is 330 g/mol. The number of aliphatic hydroxyl groups excluding tert-OH is 1. The zero-order chi connectivity index (χ0) is 16.8. The van der Waals surface area contributed by atoms with Gasteiger partial charge in [-0.15, -0.1) is 0 Å². The van der Waals surface area contributed by atoms with Gasteiger partial charge < -0.3 is 24.6 Å². The summed E-state index contributed by atoms with van der Waals surface area (Å²) in [7, 11) is 0. The molecule has 3 atom stereocenters. The van der Waals surface area contributed by atoms with E-state index in [0.29, 0.717) is 13.2 Å². The van der Waals surface area contributed by atoms with Gasteiger partial charge in [0, 0.05) is 0 Å². The summed E-state index contributed by atoms with van der Waals surface area (Å²) in [5.41, 5.74) is 0. The second-order valence-electron chi connectivity index (χ2n) is 6.02. The topological polar surface area (TPSA) is 64.5 Å². The third-order valence-electron chi connectivity index (χ3n) is 4.08. The smallest absolute Gasteiger partial charge is 0.184 e. The fourth-order valence-electron chi connectivity index (χ4n) is 2.60. The fraction of sp³-hybridized carbons (Fsp3) is 0.368. The maximum absolute atomic E-state index is 10.1. The van der Waals surface area contributed by atoms with E-state index in [1.54, 1.807) is 0 Å². The molecule has 5 heteroatoms. The molecule has 1 aliphatic rings. The van der Waals surface area contributed by atoms with Gasteiger partial charge in [-0.3, -0.25) is 0 Å². The van der Waals surface area contributed by atoms with Crippen LogP contribution in [0.4, 0.5) is 0 Å². The van der Waals surface area contributed by atoms with Crippen molar-refractivity contribution in [2.24, 2.45) is 0 Å². The average Bonchev–Trinajstić information content (AvgIpc) is 2.65. The van der Waals surface area contributed by atoms with Gasteiger partial charge in [0.2, 0.25) is 0 Å². The van der Waals surface area contributed by atoms with Gasteiger partial charge in [0.05, 0.1) is 0 Å². The Morgan fingerprint density at radius 3 is 2.62 bits per heavy atom. The molecule has 1 heterocycles. The standard InChI is InChI=1S/C19H23NO4/c1-14(19-13-23-17-9-5-6-10-18(17)24-19)20-11-15(21)12-22-16-7-3-2-4-8-16/h2-10,14-15,19-21H,11-13H2,1H3/p+1/t14-,15-,19+/m0/s1. The third kappa shape index (κ3) is 4.40. The van der Waals surface area contributed by atoms with E-state index < -0.39 is 6.10 Å². The van der Waals surface area contributed by atoms with Gasteiger partial charge in [-0.25, -0.2) is 0 Å². The molecule has 2 aromatic rings. The predicted octanol–water partition coefficient (Wildman–Crippen LogP) is 1.22. The maximum Gasteiger partial charge on any atom is 0.184 e. The first-order valence-electron chi connectivity index (χ1n) is 8.30. The van der Waals surface area contributed by atoms with Crippen molar-refractivity contribution < 1.29 is 24.6 Å². The van der Waals surface area contributed by atoms with Crippen molar-refractivity contribution in [2.75, 3.05) is 19.8 Å². The summed E-state index contributed by atoms with van der Waals surface area (Å²) >= 11 is 0. The highest BCUT2D eigenvalue weighted by Gasteiger charge is 2.28. The lowest BCUT2D eigenvalue weighted by molar-refractivity contribution is -0.698. The number of rotatable bonds is 7. The average molecular weight is 330 g/mol. The summed E-state index contributed by atoms with van der Waals surface area (Å²) in [5.74, 6) is 2.34. The Morgan fingerprint density at radius 1 is 1.12 bits per heavy atom. The molecule has 0 fully saturated rings. The van der Waals surface area contributed by atoms with Crippen LogP contribution in [0.2, 0.25) is 0 Å². The van der Waals surface area contributed by atoms with Crippen LogP contribution in [0.25, 0.3) is 0 Å². The van der Waals surface area contributed by atoms with Gasteiger partial charge in [0.25, 0.3) is 0 Å². The molecule has 0 saturated heterocycles. The van der Waals surface area contributed by atoms with Gasteiger partial charge in [-0.05, 0) is 31.2 Å². The Kier molecular flexibility index (Phi) is 5.56. The first-order chi connectivity index (χ1) is 11.7. The van der Waals surface area contributed by atoms with Crippen LogP contribution >= 0.6 is 0 Å². The molecule has 0 spiro atoms. The van der Waals surface area contributed by atoms with Crippen LogP contribution in [0.5, 0.6) is 17.2 Å². The van der Waals surface area contributed by atoms with Gasteiger partial charge >= 0.3 is 0 Å². The molecule has 0 amide bonds. The first-order valence-corrected chi connectivity index (χ1v) is 8.30. The lowest BCUT2D eigenvalue weighted by Crippen LogP contribution is -2.94. The van der Waals surface area contributed by atoms with Crippen LogP contribution in [-0.4, -0.2) is 43.1 Å². The molecule has 128 valence electrons. The van der Waals surface area contributed by atoms with Gasteiger partial charge in [-0.2, -0.15) is 0 Å². The molecule has 1 aliphatic heterocycles. The normalized spacial score (nSPS) is 18.7. The number of para-hydroxylation sites is 3. The third-order valence-corrected chi connectivity index (χ3v) is 4.08. The van der Waals surface area contributed by atoms with Crippen molar-refractivity contribution >= 4 is 0 Å². The summed E-state index contributed by atoms with van der Waals surface area (Å²) < 4.78 is 17.3. The molecule has 0 bridgehead atoms. The predicted molar refractivity (Wildman–Crippen MR) is 90.6 cm³/mol. The van der Waals surface area contributed by atoms with E-state index in [0.717, 1.165) is 17.2 Å². The highest BCUT2D eigenvalue weighted by atomic mass is 16.6. The second kappa shape index (κ2) is 8.04. The van der Waals surface area contributed by atoms with E-state index in [-0.39, 0.29) is 18.8 Å². The fourth-order valence-corrected chi connectivity index (χ4v) is 2.60. The largest absolute Gasteiger partial charge is 0.491 e. The summed E-state index contributed by atoms with van der Waals surface area (Å²) in [6, 6.07) is 17.4. The van der Waals surface area contributed by atoms with Crippen molar-refractivity contribution in [1.82, 2.24) is 0 Å². The Hall–Kier alpha value is -2.24. The Bertz CT molecular complexity index is 634. The molecule has 0 radical (unpaired) electrons. The molecule has 24 heavy (non-hydrogen) atoms. The van der Waals surface area contributed by atoms with Crippen LogP contribution in [0, 0.1) is 0 Å². The molecule has 0 saturated carbocycles. The van der Waals surface area contributed by atoms with E-state index in [1.165, 1.54) is 0 Å². The van der Waals surface area contributed by atoms with E-state index in [2.05, 4.69) is 12.2 Å². The lowest BCUT2D eigenvalue weighted by Gasteiger charge is -2.29. The van der Waals surface area contributed by atoms with Crippen LogP contribution < -0.4 is 19.5 Å². The van der Waals surface area contributed by atoms with Crippen molar-refractivity contribution in [3.05, 3.63) is 54.6 Å². The van der Waals surface area contributed by atoms with Crippen molar-refractivity contribution in [2.45, 2.75) is 25.2 Å². The van der Waals surface area contributed by atoms with Crippen LogP contribution in [0.1, 0.15) is 6.92 Å². The number of quaternary nitrogens is 1. The highest BCUT2D eigenvalue weighted by Crippen LogP contribution is 2.31. The number of nitrogens with two attached hydrogens (primary N) is 1. The minimum atomic E-state index is -0.538. The number of ether oxygens (including phenoxy) is 3. The zero-order valence-electron chi connectivity index (χ0n) is 13.8. The first kappa shape index (κ1) is 16.6. The zero-order valence-corrected chi connectivity index (χ0v) is 13.8. The Balaban J connectivity index is 1.41. The van der Waals surface area contributed by atoms with Crippen LogP contribution in [0.15, 0.2) is 54.6 Å². The quantitative estimate of drug-likeness (QED) is 0.801. The van der Waals surface area contributed by atoms with E-state index in [9.17, 15) is 5.11 Å². The van der Waals surface area contributed by atoms with E-state index in [4.69, 9.17) is 14.2 Å². The molecule has 3 rings (SSSR count). The second-order valence-corrected chi connectivity index (χ2v) is 6.02. The van der Waals surface area contributed by atoms with Crippen molar-refractivity contribution in [3.63, 3.8) is 0 Å². The molecule has 0 aromatic heterocycles. The number of fused-ring (bicyclic) bond motifs is 1. The highest BCUT2D eigenvalue weighted by molar-refractivity contribution is 5.40. The van der Waals surface area contributed by atoms with Crippen LogP contribution in [0.3, 0.4) is 0 Å². The maximum atomic E-state index is 10.1. The van der Waals surface area contributed by atoms with Gasteiger partial charge in [0.1, 0.15) is 37.7 Å². The Labute approximate surface area is 142 Å². The minimum Gasteiger partial charge on any atom is -0.491 e. The Morgan fingerprint density at radius 2 is 1.83 bits per heavy atom. The molecule has 2 aromatic carbocycles. The van der Waals surface area contributed by atoms with Gasteiger partial charge in [-0.1, -0.05) is 30.3 Å². The number of aliphatic hydroxyl groups is 1. The molecule has 0 aliphatic carbocycles. The molecule has 3 N–H and O–H groups in total. The summed E-state index contributed by atoms with van der Waals surface area (Å²) in [4.78, 5) is 0. The summed E-state index contributed by atoms with van der Waals surface area (Å²) in [5, 5.41) is 12.2. The SMILES string of the molecule is C[C@H]([NH2+]C[C@H](O)COc1ccccc1)[C@H]1COc2ccccc2O1. The van der Waals surface area contributed by atoms with E-state index in [1.807, 2.05) is 54.6 Å². The molecular formula is C19H24NO4+. The number of hydrogen-bond donors (Lipinski definition) is 2. The number of hydrogen-bond acceptors (Lipinski definition) is 4. The van der Waals surface area contributed by atoms with Crippen molar-refractivity contribution in [1.29, 1.82) is 0 Å². The molecule has 5 nitrogen and oxygen atoms in total. The van der Waals surface area contributed by atoms with Gasteiger partial charge in [0.15, 0.2) is 17.6 Å². The lowest BCUT2D eigenvalue weighted by atomic mass is 10.1. The van der Waals surface area contributed by atoms with Crippen LogP contribution in [-0.2, 0) is 0 Å². The number of benzene rings is 2. The van der Waals surface area contributed by atoms with Crippen molar-refractivity contribution in [3.8, 4) is 17.2 Å². The molecule has 0 unspecified atom stereocenters. The van der Waals surface area contributed by atoms with E-state index >= 15 is 0 Å². The minimum absolute atomic E-state index is 0.0397. The summed E-state index contributed by atoms with van der Waals surface area (Å²) in [6.45, 7) is 3.42. The molecular weight excluding hydrogens is 306 g/mol. The summed E-state index contributed by atoms with van der Waals surface area (Å²) in [6.07, 6.45) is -0.577.